The van der Waals surface area contributed by atoms with Crippen molar-refractivity contribution in [2.75, 3.05) is 5.32 Å². The molecule has 21 heavy (non-hydrogen) atoms. The molecule has 2 rings (SSSR count). The van der Waals surface area contributed by atoms with Gasteiger partial charge in [0.25, 0.3) is 11.7 Å². The van der Waals surface area contributed by atoms with Gasteiger partial charge in [-0.05, 0) is 22.9 Å². The lowest BCUT2D eigenvalue weighted by molar-refractivity contribution is -0.118. The van der Waals surface area contributed by atoms with Gasteiger partial charge in [-0.25, -0.2) is 0 Å². The van der Waals surface area contributed by atoms with Gasteiger partial charge in [0.2, 0.25) is 5.91 Å². The van der Waals surface area contributed by atoms with E-state index >= 15 is 0 Å². The number of tetrazole rings is 1. The molecule has 2 amide bonds. The monoisotopic (exact) mass is 288 g/mol. The summed E-state index contributed by atoms with van der Waals surface area (Å²) in [6.07, 6.45) is 0. The van der Waals surface area contributed by atoms with E-state index < -0.39 is 5.91 Å². The van der Waals surface area contributed by atoms with Crippen LogP contribution >= 0.6 is 0 Å². The minimum absolute atomic E-state index is 0.0146. The maximum absolute atomic E-state index is 11.7. The lowest BCUT2D eigenvalue weighted by Crippen LogP contribution is -2.24. The molecule has 2 aromatic rings. The summed E-state index contributed by atoms with van der Waals surface area (Å²) in [6.45, 7) is 3.95. The van der Waals surface area contributed by atoms with Crippen molar-refractivity contribution in [3.8, 4) is 0 Å². The number of H-pyrrole nitrogens is 1. The van der Waals surface area contributed by atoms with Gasteiger partial charge in [0.05, 0.1) is 0 Å². The van der Waals surface area contributed by atoms with E-state index in [2.05, 4.69) is 31.3 Å². The number of carbonyl (C=O) groups is 2. The molecule has 0 radical (unpaired) electrons. The van der Waals surface area contributed by atoms with Crippen molar-refractivity contribution in [1.82, 2.24) is 25.9 Å². The molecule has 0 saturated heterocycles. The van der Waals surface area contributed by atoms with E-state index in [1.54, 1.807) is 12.1 Å². The fourth-order valence-electron chi connectivity index (χ4n) is 1.57. The Morgan fingerprint density at radius 3 is 2.81 bits per heavy atom. The summed E-state index contributed by atoms with van der Waals surface area (Å²) in [5, 5.41) is 18.2. The van der Waals surface area contributed by atoms with Gasteiger partial charge >= 0.3 is 0 Å². The summed E-state index contributed by atoms with van der Waals surface area (Å²) < 4.78 is 0. The second-order valence-corrected chi connectivity index (χ2v) is 4.76. The van der Waals surface area contributed by atoms with Crippen LogP contribution in [0.3, 0.4) is 0 Å². The first-order valence-corrected chi connectivity index (χ1v) is 6.47. The molecule has 1 aromatic carbocycles. The van der Waals surface area contributed by atoms with E-state index in [0.29, 0.717) is 12.2 Å². The van der Waals surface area contributed by atoms with Crippen LogP contribution in [0.5, 0.6) is 0 Å². The van der Waals surface area contributed by atoms with Crippen LogP contribution < -0.4 is 10.6 Å². The molecule has 0 aliphatic rings. The van der Waals surface area contributed by atoms with Crippen LogP contribution in [0, 0.1) is 5.92 Å². The predicted octanol–water partition coefficient (Wildman–Crippen LogP) is 0.724. The number of aromatic nitrogens is 4. The second-order valence-electron chi connectivity index (χ2n) is 4.76. The highest BCUT2D eigenvalue weighted by molar-refractivity contribution is 5.92. The lowest BCUT2D eigenvalue weighted by Gasteiger charge is -2.09. The number of hydrogen-bond donors (Lipinski definition) is 3. The van der Waals surface area contributed by atoms with Gasteiger partial charge in [-0.3, -0.25) is 9.59 Å². The quantitative estimate of drug-likeness (QED) is 0.750. The lowest BCUT2D eigenvalue weighted by atomic mass is 10.1. The third-order valence-electron chi connectivity index (χ3n) is 2.72. The highest BCUT2D eigenvalue weighted by Crippen LogP contribution is 2.12. The van der Waals surface area contributed by atoms with Crippen LogP contribution in [-0.2, 0) is 11.3 Å². The first kappa shape index (κ1) is 14.6. The predicted molar refractivity (Wildman–Crippen MR) is 75.3 cm³/mol. The summed E-state index contributed by atoms with van der Waals surface area (Å²) in [6, 6.07) is 7.26. The summed E-state index contributed by atoms with van der Waals surface area (Å²) in [5.74, 6) is -0.575. The molecular weight excluding hydrogens is 272 g/mol. The molecule has 0 spiro atoms. The van der Waals surface area contributed by atoms with Crippen molar-refractivity contribution in [3.63, 3.8) is 0 Å². The van der Waals surface area contributed by atoms with Gasteiger partial charge in [0, 0.05) is 18.2 Å². The average Bonchev–Trinajstić information content (AvgIpc) is 2.99. The maximum Gasteiger partial charge on any atom is 0.293 e. The highest BCUT2D eigenvalue weighted by atomic mass is 16.2. The van der Waals surface area contributed by atoms with Crippen LogP contribution in [0.1, 0.15) is 30.0 Å². The molecule has 0 fully saturated rings. The summed E-state index contributed by atoms with van der Waals surface area (Å²) in [7, 11) is 0. The number of nitrogens with one attached hydrogen (secondary N) is 3. The Kier molecular flexibility index (Phi) is 4.60. The number of hydrogen-bond acceptors (Lipinski definition) is 5. The molecule has 0 bridgehead atoms. The summed E-state index contributed by atoms with van der Waals surface area (Å²) in [4.78, 5) is 23.3. The van der Waals surface area contributed by atoms with Gasteiger partial charge < -0.3 is 10.6 Å². The molecule has 8 nitrogen and oxygen atoms in total. The smallest absolute Gasteiger partial charge is 0.293 e. The largest absolute Gasteiger partial charge is 0.345 e. The molecular formula is C13H16N6O2. The van der Waals surface area contributed by atoms with E-state index in [1.807, 2.05) is 26.0 Å². The first-order chi connectivity index (χ1) is 10.1. The number of carbonyl (C=O) groups excluding carboxylic acids is 2. The van der Waals surface area contributed by atoms with Crippen molar-refractivity contribution < 1.29 is 9.59 Å². The Balaban J connectivity index is 1.95. The Labute approximate surface area is 121 Å². The molecule has 110 valence electrons. The van der Waals surface area contributed by atoms with Crippen LogP contribution in [0.2, 0.25) is 0 Å². The van der Waals surface area contributed by atoms with E-state index in [-0.39, 0.29) is 17.6 Å². The topological polar surface area (TPSA) is 113 Å². The van der Waals surface area contributed by atoms with Crippen molar-refractivity contribution in [2.24, 2.45) is 5.92 Å². The van der Waals surface area contributed by atoms with Crippen LogP contribution in [-0.4, -0.2) is 32.4 Å². The molecule has 0 saturated carbocycles. The zero-order chi connectivity index (χ0) is 15.2. The van der Waals surface area contributed by atoms with E-state index in [9.17, 15) is 9.59 Å². The average molecular weight is 288 g/mol. The zero-order valence-corrected chi connectivity index (χ0v) is 11.8. The van der Waals surface area contributed by atoms with Crippen molar-refractivity contribution in [3.05, 3.63) is 35.7 Å². The normalized spacial score (nSPS) is 10.4. The van der Waals surface area contributed by atoms with Gasteiger partial charge in [-0.2, -0.15) is 5.21 Å². The van der Waals surface area contributed by atoms with Gasteiger partial charge in [0.15, 0.2) is 0 Å². The maximum atomic E-state index is 11.7. The molecule has 0 atom stereocenters. The molecule has 3 N–H and O–H groups in total. The highest BCUT2D eigenvalue weighted by Gasteiger charge is 2.10. The van der Waals surface area contributed by atoms with Gasteiger partial charge in [-0.15, -0.1) is 10.2 Å². The molecule has 1 heterocycles. The third kappa shape index (κ3) is 4.10. The molecule has 0 unspecified atom stereocenters. The van der Waals surface area contributed by atoms with Gasteiger partial charge in [-0.1, -0.05) is 26.0 Å². The number of nitrogens with zero attached hydrogens (tertiary/aromatic N) is 3. The molecule has 0 aliphatic carbocycles. The number of anilines is 1. The number of aromatic amines is 1. The summed E-state index contributed by atoms with van der Waals surface area (Å²) >= 11 is 0. The number of rotatable bonds is 5. The van der Waals surface area contributed by atoms with E-state index in [0.717, 1.165) is 5.56 Å². The Morgan fingerprint density at radius 2 is 2.14 bits per heavy atom. The van der Waals surface area contributed by atoms with Crippen LogP contribution in [0.15, 0.2) is 24.3 Å². The van der Waals surface area contributed by atoms with E-state index in [4.69, 9.17) is 0 Å². The van der Waals surface area contributed by atoms with E-state index in [1.165, 1.54) is 0 Å². The fraction of sp³-hybridized carbons (Fsp3) is 0.308. The second kappa shape index (κ2) is 6.60. The Bertz CT molecular complexity index is 623. The minimum atomic E-state index is -0.416. The molecule has 1 aromatic heterocycles. The van der Waals surface area contributed by atoms with Crippen molar-refractivity contribution >= 4 is 17.5 Å². The summed E-state index contributed by atoms with van der Waals surface area (Å²) in [5.41, 5.74) is 1.55. The SMILES string of the molecule is CC(C)C(=O)Nc1cccc(CNC(=O)c2nn[nH]n2)c1. The Morgan fingerprint density at radius 1 is 1.33 bits per heavy atom. The van der Waals surface area contributed by atoms with Crippen LogP contribution in [0.25, 0.3) is 0 Å². The van der Waals surface area contributed by atoms with Crippen molar-refractivity contribution in [2.45, 2.75) is 20.4 Å². The third-order valence-corrected chi connectivity index (χ3v) is 2.72. The Hall–Kier alpha value is -2.77. The number of amides is 2. The zero-order valence-electron chi connectivity index (χ0n) is 11.8. The minimum Gasteiger partial charge on any atom is -0.345 e. The van der Waals surface area contributed by atoms with Gasteiger partial charge in [0.1, 0.15) is 0 Å². The van der Waals surface area contributed by atoms with Crippen LogP contribution in [0.4, 0.5) is 5.69 Å². The fourth-order valence-corrected chi connectivity index (χ4v) is 1.57. The number of benzene rings is 1. The standard InChI is InChI=1S/C13H16N6O2/c1-8(2)12(20)15-10-5-3-4-9(6-10)7-14-13(21)11-16-18-19-17-11/h3-6,8H,7H2,1-2H3,(H,14,21)(H,15,20)(H,16,17,18,19). The van der Waals surface area contributed by atoms with Crippen molar-refractivity contribution in [1.29, 1.82) is 0 Å². The molecule has 0 aliphatic heterocycles. The first-order valence-electron chi connectivity index (χ1n) is 6.47. The molecule has 8 heteroatoms.